The van der Waals surface area contributed by atoms with Crippen molar-refractivity contribution in [3.63, 3.8) is 0 Å². The summed E-state index contributed by atoms with van der Waals surface area (Å²) in [5.74, 6) is -4.06. The van der Waals surface area contributed by atoms with Gasteiger partial charge in [-0.1, -0.05) is 13.8 Å². The third-order valence-electron chi connectivity index (χ3n) is 3.10. The Bertz CT molecular complexity index is 585. The lowest BCUT2D eigenvalue weighted by Gasteiger charge is -2.16. The molecule has 1 aromatic carbocycles. The zero-order valence-electron chi connectivity index (χ0n) is 12.6. The number of rotatable bonds is 6. The van der Waals surface area contributed by atoms with Gasteiger partial charge < -0.3 is 10.4 Å². The number of carbonyl (C=O) groups excluding carboxylic acids is 1. The molecule has 4 nitrogen and oxygen atoms in total. The summed E-state index contributed by atoms with van der Waals surface area (Å²) in [5, 5.41) is 11.3. The first kappa shape index (κ1) is 18.9. The second-order valence-corrected chi connectivity index (χ2v) is 5.60. The minimum atomic E-state index is -4.78. The Kier molecular flexibility index (Phi) is 6.12. The summed E-state index contributed by atoms with van der Waals surface area (Å²) >= 11 is 0. The van der Waals surface area contributed by atoms with Gasteiger partial charge in [0.1, 0.15) is 5.82 Å². The number of hydrogen-bond donors (Lipinski definition) is 2. The van der Waals surface area contributed by atoms with Crippen LogP contribution in [0.25, 0.3) is 0 Å². The highest BCUT2D eigenvalue weighted by atomic mass is 19.4. The molecule has 1 amide bonds. The van der Waals surface area contributed by atoms with Crippen LogP contribution in [0.3, 0.4) is 0 Å². The van der Waals surface area contributed by atoms with Crippen molar-refractivity contribution < 1.29 is 32.3 Å². The van der Waals surface area contributed by atoms with Gasteiger partial charge in [-0.15, -0.1) is 0 Å². The van der Waals surface area contributed by atoms with Gasteiger partial charge in [-0.2, -0.15) is 13.2 Å². The fourth-order valence-corrected chi connectivity index (χ4v) is 2.04. The predicted molar refractivity (Wildman–Crippen MR) is 74.3 cm³/mol. The van der Waals surface area contributed by atoms with Crippen molar-refractivity contribution in [2.45, 2.75) is 26.4 Å². The van der Waals surface area contributed by atoms with Gasteiger partial charge in [0.25, 0.3) is 5.91 Å². The van der Waals surface area contributed by atoms with Gasteiger partial charge in [-0.3, -0.25) is 9.59 Å². The summed E-state index contributed by atoms with van der Waals surface area (Å²) in [6, 6.07) is 1.48. The molecule has 0 saturated carbocycles. The van der Waals surface area contributed by atoms with E-state index in [1.807, 2.05) is 0 Å². The van der Waals surface area contributed by atoms with E-state index in [4.69, 9.17) is 5.11 Å². The van der Waals surface area contributed by atoms with Gasteiger partial charge >= 0.3 is 12.1 Å². The molecule has 0 aliphatic rings. The number of amides is 1. The van der Waals surface area contributed by atoms with E-state index in [0.29, 0.717) is 18.6 Å². The third kappa shape index (κ3) is 5.88. The molecule has 0 fully saturated rings. The van der Waals surface area contributed by atoms with E-state index in [2.05, 4.69) is 5.32 Å². The molecule has 1 rings (SSSR count). The highest BCUT2D eigenvalue weighted by Crippen LogP contribution is 2.30. The van der Waals surface area contributed by atoms with Crippen LogP contribution in [0, 0.1) is 17.7 Å². The maximum absolute atomic E-state index is 13.2. The number of hydrogen-bond acceptors (Lipinski definition) is 2. The van der Waals surface area contributed by atoms with E-state index >= 15 is 0 Å². The molecule has 0 bridgehead atoms. The molecular weight excluding hydrogens is 318 g/mol. The van der Waals surface area contributed by atoms with Crippen molar-refractivity contribution in [2.75, 3.05) is 6.54 Å². The molecule has 0 saturated heterocycles. The second kappa shape index (κ2) is 7.43. The van der Waals surface area contributed by atoms with Gasteiger partial charge in [0, 0.05) is 12.1 Å². The monoisotopic (exact) mass is 335 g/mol. The van der Waals surface area contributed by atoms with Crippen LogP contribution in [0.15, 0.2) is 18.2 Å². The van der Waals surface area contributed by atoms with Gasteiger partial charge in [-0.05, 0) is 30.5 Å². The second-order valence-electron chi connectivity index (χ2n) is 5.60. The number of carbonyl (C=O) groups is 2. The molecule has 0 aliphatic heterocycles. The van der Waals surface area contributed by atoms with Crippen LogP contribution in [0.1, 0.15) is 36.2 Å². The Morgan fingerprint density at radius 3 is 2.30 bits per heavy atom. The number of benzene rings is 1. The molecule has 128 valence electrons. The average molecular weight is 335 g/mol. The zero-order chi connectivity index (χ0) is 17.8. The summed E-state index contributed by atoms with van der Waals surface area (Å²) < 4.78 is 51.0. The molecular formula is C15H17F4NO3. The molecule has 8 heteroatoms. The van der Waals surface area contributed by atoms with Crippen molar-refractivity contribution in [1.29, 1.82) is 0 Å². The summed E-state index contributed by atoms with van der Waals surface area (Å²) in [6.07, 6.45) is -4.48. The van der Waals surface area contributed by atoms with Crippen molar-refractivity contribution in [3.8, 4) is 0 Å². The van der Waals surface area contributed by atoms with E-state index in [9.17, 15) is 27.2 Å². The fourth-order valence-electron chi connectivity index (χ4n) is 2.04. The lowest BCUT2D eigenvalue weighted by atomic mass is 9.97. The zero-order valence-corrected chi connectivity index (χ0v) is 12.6. The molecule has 1 unspecified atom stereocenters. The summed E-state index contributed by atoms with van der Waals surface area (Å²) in [4.78, 5) is 22.9. The predicted octanol–water partition coefficient (Wildman–Crippen LogP) is 3.32. The Morgan fingerprint density at radius 1 is 1.22 bits per heavy atom. The summed E-state index contributed by atoms with van der Waals surface area (Å²) in [6.45, 7) is 3.37. The number of nitrogens with one attached hydrogen (secondary N) is 1. The largest absolute Gasteiger partial charge is 0.481 e. The highest BCUT2D eigenvalue weighted by molar-refractivity contribution is 5.94. The molecule has 0 aliphatic carbocycles. The Labute approximate surface area is 130 Å². The van der Waals surface area contributed by atoms with Gasteiger partial charge in [0.2, 0.25) is 0 Å². The quantitative estimate of drug-likeness (QED) is 0.784. The number of halogens is 4. The van der Waals surface area contributed by atoms with Gasteiger partial charge in [-0.25, -0.2) is 4.39 Å². The molecule has 2 N–H and O–H groups in total. The Hall–Kier alpha value is -2.12. The smallest absolute Gasteiger partial charge is 0.416 e. The molecule has 1 atom stereocenters. The fraction of sp³-hybridized carbons (Fsp3) is 0.467. The molecule has 23 heavy (non-hydrogen) atoms. The van der Waals surface area contributed by atoms with Crippen LogP contribution < -0.4 is 5.32 Å². The first-order valence-electron chi connectivity index (χ1n) is 6.89. The van der Waals surface area contributed by atoms with Crippen LogP contribution in [-0.2, 0) is 11.0 Å². The molecule has 0 radical (unpaired) electrons. The maximum atomic E-state index is 13.2. The number of alkyl halides is 3. The van der Waals surface area contributed by atoms with Crippen molar-refractivity contribution in [3.05, 3.63) is 35.1 Å². The number of aliphatic carboxylic acids is 1. The molecule has 0 spiro atoms. The normalized spacial score (nSPS) is 13.0. The van der Waals surface area contributed by atoms with E-state index in [1.165, 1.54) is 0 Å². The maximum Gasteiger partial charge on any atom is 0.416 e. The SMILES string of the molecule is CC(C)CC(CNC(=O)c1cc(F)cc(C(F)(F)F)c1)C(=O)O. The summed E-state index contributed by atoms with van der Waals surface area (Å²) in [5.41, 5.74) is -1.79. The lowest BCUT2D eigenvalue weighted by Crippen LogP contribution is -2.33. The van der Waals surface area contributed by atoms with Crippen LogP contribution in [0.2, 0.25) is 0 Å². The van der Waals surface area contributed by atoms with Crippen LogP contribution >= 0.6 is 0 Å². The van der Waals surface area contributed by atoms with Crippen LogP contribution in [0.4, 0.5) is 17.6 Å². The standard InChI is InChI=1S/C15H17F4NO3/c1-8(2)3-10(14(22)23)7-20-13(21)9-4-11(15(17,18)19)6-12(16)5-9/h4-6,8,10H,3,7H2,1-2H3,(H,20,21)(H,22,23). The van der Waals surface area contributed by atoms with E-state index < -0.39 is 40.9 Å². The van der Waals surface area contributed by atoms with E-state index in [-0.39, 0.29) is 18.5 Å². The minimum absolute atomic E-state index is 0.0685. The topological polar surface area (TPSA) is 66.4 Å². The van der Waals surface area contributed by atoms with Crippen molar-refractivity contribution >= 4 is 11.9 Å². The van der Waals surface area contributed by atoms with Gasteiger partial charge in [0.15, 0.2) is 0 Å². The Balaban J connectivity index is 2.86. The van der Waals surface area contributed by atoms with E-state index in [1.54, 1.807) is 13.8 Å². The van der Waals surface area contributed by atoms with E-state index in [0.717, 1.165) is 0 Å². The average Bonchev–Trinajstić information content (AvgIpc) is 2.40. The molecule has 1 aromatic rings. The first-order chi connectivity index (χ1) is 10.5. The number of carboxylic acid groups (broad SMARTS) is 1. The number of carboxylic acids is 1. The molecule has 0 aromatic heterocycles. The van der Waals surface area contributed by atoms with Gasteiger partial charge in [0.05, 0.1) is 11.5 Å². The lowest BCUT2D eigenvalue weighted by molar-refractivity contribution is -0.142. The Morgan fingerprint density at radius 2 is 1.83 bits per heavy atom. The summed E-state index contributed by atoms with van der Waals surface area (Å²) in [7, 11) is 0. The third-order valence-corrected chi connectivity index (χ3v) is 3.10. The van der Waals surface area contributed by atoms with Crippen LogP contribution in [0.5, 0.6) is 0 Å². The molecule has 0 heterocycles. The minimum Gasteiger partial charge on any atom is -0.481 e. The first-order valence-corrected chi connectivity index (χ1v) is 6.89. The van der Waals surface area contributed by atoms with Crippen LogP contribution in [-0.4, -0.2) is 23.5 Å². The van der Waals surface area contributed by atoms with Crippen molar-refractivity contribution in [2.24, 2.45) is 11.8 Å². The van der Waals surface area contributed by atoms with Crippen molar-refractivity contribution in [1.82, 2.24) is 5.32 Å². The highest BCUT2D eigenvalue weighted by Gasteiger charge is 2.32.